The van der Waals surface area contributed by atoms with Gasteiger partial charge in [-0.2, -0.15) is 0 Å². The van der Waals surface area contributed by atoms with Crippen LogP contribution in [0.1, 0.15) is 6.92 Å². The Kier molecular flexibility index (Phi) is 3.83. The molecular weight excluding hydrogens is 234 g/mol. The van der Waals surface area contributed by atoms with E-state index in [4.69, 9.17) is 11.6 Å². The summed E-state index contributed by atoms with van der Waals surface area (Å²) in [5.74, 6) is 0.867. The Bertz CT molecular complexity index is 482. The lowest BCUT2D eigenvalue weighted by Crippen LogP contribution is -1.99. The summed E-state index contributed by atoms with van der Waals surface area (Å²) in [7, 11) is 0. The van der Waals surface area contributed by atoms with Crippen LogP contribution in [0.3, 0.4) is 0 Å². The van der Waals surface area contributed by atoms with Crippen LogP contribution in [0.2, 0.25) is 5.02 Å². The van der Waals surface area contributed by atoms with Gasteiger partial charge in [-0.25, -0.2) is 4.98 Å². The Hall–Kier alpha value is -1.74. The monoisotopic (exact) mass is 247 g/mol. The van der Waals surface area contributed by atoms with Gasteiger partial charge < -0.3 is 10.6 Å². The zero-order valence-corrected chi connectivity index (χ0v) is 10.3. The largest absolute Gasteiger partial charge is 0.370 e. The summed E-state index contributed by atoms with van der Waals surface area (Å²) in [5.41, 5.74) is 2.00. The number of hydrogen-bond donors (Lipinski definition) is 2. The minimum Gasteiger partial charge on any atom is -0.370 e. The van der Waals surface area contributed by atoms with Crippen LogP contribution in [0.15, 0.2) is 42.6 Å². The highest BCUT2D eigenvalue weighted by Crippen LogP contribution is 2.20. The summed E-state index contributed by atoms with van der Waals surface area (Å²) in [6, 6.07) is 11.5. The highest BCUT2D eigenvalue weighted by atomic mass is 35.5. The van der Waals surface area contributed by atoms with Crippen molar-refractivity contribution in [2.24, 2.45) is 0 Å². The molecule has 88 valence electrons. The van der Waals surface area contributed by atoms with Gasteiger partial charge in [-0.15, -0.1) is 0 Å². The lowest BCUT2D eigenvalue weighted by atomic mass is 10.3. The van der Waals surface area contributed by atoms with E-state index >= 15 is 0 Å². The van der Waals surface area contributed by atoms with Crippen LogP contribution in [0.4, 0.5) is 17.2 Å². The first-order valence-corrected chi connectivity index (χ1v) is 5.88. The summed E-state index contributed by atoms with van der Waals surface area (Å²) in [6.07, 6.45) is 1.77. The van der Waals surface area contributed by atoms with Gasteiger partial charge in [0, 0.05) is 35.2 Å². The predicted molar refractivity (Wildman–Crippen MR) is 73.1 cm³/mol. The van der Waals surface area contributed by atoms with E-state index in [1.165, 1.54) is 0 Å². The van der Waals surface area contributed by atoms with Crippen molar-refractivity contribution in [3.05, 3.63) is 47.6 Å². The summed E-state index contributed by atoms with van der Waals surface area (Å²) < 4.78 is 0. The van der Waals surface area contributed by atoms with Gasteiger partial charge in [-0.3, -0.25) is 0 Å². The van der Waals surface area contributed by atoms with E-state index in [2.05, 4.69) is 15.6 Å². The molecule has 0 atom stereocenters. The molecule has 0 unspecified atom stereocenters. The average molecular weight is 248 g/mol. The number of pyridine rings is 1. The third-order valence-electron chi connectivity index (χ3n) is 2.25. The van der Waals surface area contributed by atoms with Gasteiger partial charge >= 0.3 is 0 Å². The van der Waals surface area contributed by atoms with Gasteiger partial charge in [0.05, 0.1) is 0 Å². The smallest absolute Gasteiger partial charge is 0.127 e. The second kappa shape index (κ2) is 5.55. The Labute approximate surface area is 106 Å². The third kappa shape index (κ3) is 3.36. The molecule has 2 N–H and O–H groups in total. The third-order valence-corrected chi connectivity index (χ3v) is 2.50. The second-order valence-electron chi connectivity index (χ2n) is 3.59. The van der Waals surface area contributed by atoms with Crippen molar-refractivity contribution in [2.75, 3.05) is 17.2 Å². The van der Waals surface area contributed by atoms with E-state index in [-0.39, 0.29) is 0 Å². The van der Waals surface area contributed by atoms with Gasteiger partial charge in [0.25, 0.3) is 0 Å². The Balaban J connectivity index is 2.12. The summed E-state index contributed by atoms with van der Waals surface area (Å²) in [5, 5.41) is 7.20. The minimum atomic E-state index is 0.735. The molecule has 0 saturated heterocycles. The molecule has 0 saturated carbocycles. The molecule has 0 bridgehead atoms. The lowest BCUT2D eigenvalue weighted by Gasteiger charge is -2.08. The van der Waals surface area contributed by atoms with Gasteiger partial charge in [0.15, 0.2) is 0 Å². The SMILES string of the molecule is CCNc1cc(Nc2ccc(Cl)cc2)ccn1. The molecular formula is C13H14ClN3. The van der Waals surface area contributed by atoms with Gasteiger partial charge in [-0.05, 0) is 37.3 Å². The lowest BCUT2D eigenvalue weighted by molar-refractivity contribution is 1.16. The molecule has 2 aromatic rings. The zero-order chi connectivity index (χ0) is 12.1. The van der Waals surface area contributed by atoms with E-state index in [9.17, 15) is 0 Å². The number of anilines is 3. The average Bonchev–Trinajstić information content (AvgIpc) is 2.33. The molecule has 0 fully saturated rings. The zero-order valence-electron chi connectivity index (χ0n) is 9.57. The van der Waals surface area contributed by atoms with Crippen molar-refractivity contribution in [2.45, 2.75) is 6.92 Å². The maximum Gasteiger partial charge on any atom is 0.127 e. The number of rotatable bonds is 4. The van der Waals surface area contributed by atoms with Crippen LogP contribution in [0.25, 0.3) is 0 Å². The van der Waals surface area contributed by atoms with E-state index in [1.54, 1.807) is 6.20 Å². The molecule has 0 aliphatic heterocycles. The Morgan fingerprint density at radius 1 is 1.12 bits per heavy atom. The number of nitrogens with one attached hydrogen (secondary N) is 2. The molecule has 1 heterocycles. The van der Waals surface area contributed by atoms with E-state index in [1.807, 2.05) is 43.3 Å². The van der Waals surface area contributed by atoms with Crippen molar-refractivity contribution in [3.63, 3.8) is 0 Å². The molecule has 4 heteroatoms. The summed E-state index contributed by atoms with van der Waals surface area (Å²) in [6.45, 7) is 2.90. The first-order chi connectivity index (χ1) is 8.28. The van der Waals surface area contributed by atoms with Gasteiger partial charge in [-0.1, -0.05) is 11.6 Å². The van der Waals surface area contributed by atoms with Crippen molar-refractivity contribution >= 4 is 28.8 Å². The second-order valence-corrected chi connectivity index (χ2v) is 4.03. The maximum absolute atomic E-state index is 5.83. The first kappa shape index (κ1) is 11.7. The van der Waals surface area contributed by atoms with Crippen LogP contribution in [0.5, 0.6) is 0 Å². The van der Waals surface area contributed by atoms with Gasteiger partial charge in [0.2, 0.25) is 0 Å². The number of hydrogen-bond acceptors (Lipinski definition) is 3. The highest BCUT2D eigenvalue weighted by molar-refractivity contribution is 6.30. The molecule has 0 aliphatic carbocycles. The Morgan fingerprint density at radius 3 is 2.59 bits per heavy atom. The minimum absolute atomic E-state index is 0.735. The normalized spacial score (nSPS) is 10.0. The summed E-state index contributed by atoms with van der Waals surface area (Å²) >= 11 is 5.83. The van der Waals surface area contributed by atoms with Crippen molar-refractivity contribution in [1.82, 2.24) is 4.98 Å². The van der Waals surface area contributed by atoms with Crippen LogP contribution in [-0.4, -0.2) is 11.5 Å². The van der Waals surface area contributed by atoms with Crippen molar-refractivity contribution < 1.29 is 0 Å². The molecule has 2 rings (SSSR count). The topological polar surface area (TPSA) is 37.0 Å². The van der Waals surface area contributed by atoms with E-state index in [0.717, 1.165) is 28.8 Å². The number of halogens is 1. The van der Waals surface area contributed by atoms with Crippen LogP contribution in [-0.2, 0) is 0 Å². The van der Waals surface area contributed by atoms with E-state index < -0.39 is 0 Å². The molecule has 1 aromatic heterocycles. The molecule has 0 amide bonds. The van der Waals surface area contributed by atoms with Crippen molar-refractivity contribution in [3.8, 4) is 0 Å². The van der Waals surface area contributed by atoms with E-state index in [0.29, 0.717) is 0 Å². The van der Waals surface area contributed by atoms with Gasteiger partial charge in [0.1, 0.15) is 5.82 Å². The predicted octanol–water partition coefficient (Wildman–Crippen LogP) is 3.91. The standard InChI is InChI=1S/C13H14ClN3/c1-2-15-13-9-12(7-8-16-13)17-11-5-3-10(14)4-6-11/h3-9H,2H2,1H3,(H2,15,16,17). The molecule has 3 nitrogen and oxygen atoms in total. The van der Waals surface area contributed by atoms with Crippen LogP contribution >= 0.6 is 11.6 Å². The first-order valence-electron chi connectivity index (χ1n) is 5.50. The Morgan fingerprint density at radius 2 is 1.88 bits per heavy atom. The highest BCUT2D eigenvalue weighted by Gasteiger charge is 1.97. The number of nitrogens with zero attached hydrogens (tertiary/aromatic N) is 1. The van der Waals surface area contributed by atoms with Crippen LogP contribution < -0.4 is 10.6 Å². The molecule has 0 aliphatic rings. The molecule has 0 spiro atoms. The number of benzene rings is 1. The number of aromatic nitrogens is 1. The fourth-order valence-electron chi connectivity index (χ4n) is 1.49. The quantitative estimate of drug-likeness (QED) is 0.860. The maximum atomic E-state index is 5.83. The molecule has 0 radical (unpaired) electrons. The fraction of sp³-hybridized carbons (Fsp3) is 0.154. The fourth-order valence-corrected chi connectivity index (χ4v) is 1.61. The van der Waals surface area contributed by atoms with Crippen LogP contribution in [0, 0.1) is 0 Å². The molecule has 17 heavy (non-hydrogen) atoms. The molecule has 1 aromatic carbocycles. The summed E-state index contributed by atoms with van der Waals surface area (Å²) in [4.78, 5) is 4.21. The van der Waals surface area contributed by atoms with Crippen molar-refractivity contribution in [1.29, 1.82) is 0 Å².